The molecule has 0 aliphatic heterocycles. The maximum atomic E-state index is 12.1. The molecule has 0 heterocycles. The van der Waals surface area contributed by atoms with Gasteiger partial charge in [-0.2, -0.15) is 0 Å². The number of carbonyl (C=O) groups is 1. The fourth-order valence-corrected chi connectivity index (χ4v) is 3.01. The Morgan fingerprint density at radius 1 is 1.00 bits per heavy atom. The Kier molecular flexibility index (Phi) is 6.43. The molecule has 144 valence electrons. The van der Waals surface area contributed by atoms with Crippen molar-refractivity contribution in [1.82, 2.24) is 0 Å². The Morgan fingerprint density at radius 2 is 1.70 bits per heavy atom. The van der Waals surface area contributed by atoms with E-state index in [0.29, 0.717) is 17.1 Å². The Hall–Kier alpha value is -3.04. The minimum atomic E-state index is -4.00. The number of carbonyl (C=O) groups excluding carboxylic acids is 1. The van der Waals surface area contributed by atoms with Crippen LogP contribution in [0.3, 0.4) is 0 Å². The van der Waals surface area contributed by atoms with Gasteiger partial charge in [-0.25, -0.2) is 13.6 Å². The summed E-state index contributed by atoms with van der Waals surface area (Å²) in [5, 5.41) is 7.73. The number of hydrogen-bond donors (Lipinski definition) is 2. The Balaban J connectivity index is 2.20. The van der Waals surface area contributed by atoms with Crippen molar-refractivity contribution in [1.29, 1.82) is 0 Å². The highest BCUT2D eigenvalue weighted by Crippen LogP contribution is 2.27. The van der Waals surface area contributed by atoms with E-state index in [2.05, 4.69) is 5.32 Å². The molecule has 0 spiro atoms. The minimum Gasteiger partial charge on any atom is -0.497 e. The molecule has 2 aromatic rings. The fraction of sp³-hybridized carbons (Fsp3) is 0.167. The first-order valence-electron chi connectivity index (χ1n) is 7.70. The summed E-state index contributed by atoms with van der Waals surface area (Å²) in [5.74, 6) is 0.800. The van der Waals surface area contributed by atoms with Gasteiger partial charge in [0.2, 0.25) is 15.9 Å². The van der Waals surface area contributed by atoms with Gasteiger partial charge in [0.1, 0.15) is 22.1 Å². The lowest BCUT2D eigenvalue weighted by atomic mass is 10.1. The molecule has 0 fully saturated rings. The van der Waals surface area contributed by atoms with E-state index in [0.717, 1.165) is 0 Å². The average molecular weight is 392 g/mol. The van der Waals surface area contributed by atoms with Crippen LogP contribution in [0.5, 0.6) is 17.2 Å². The van der Waals surface area contributed by atoms with Crippen molar-refractivity contribution in [3.63, 3.8) is 0 Å². The molecule has 8 nitrogen and oxygen atoms in total. The van der Waals surface area contributed by atoms with E-state index < -0.39 is 15.9 Å². The average Bonchev–Trinajstić information content (AvgIpc) is 2.65. The lowest BCUT2D eigenvalue weighted by Crippen LogP contribution is -2.15. The van der Waals surface area contributed by atoms with Crippen LogP contribution in [0.25, 0.3) is 6.08 Å². The minimum absolute atomic E-state index is 0.0917. The third kappa shape index (κ3) is 5.22. The second kappa shape index (κ2) is 8.56. The molecule has 2 aromatic carbocycles. The summed E-state index contributed by atoms with van der Waals surface area (Å²) in [6.07, 6.45) is 2.86. The van der Waals surface area contributed by atoms with Gasteiger partial charge in [-0.1, -0.05) is 0 Å². The molecule has 0 aromatic heterocycles. The van der Waals surface area contributed by atoms with Crippen LogP contribution in [0.2, 0.25) is 0 Å². The molecule has 0 saturated heterocycles. The van der Waals surface area contributed by atoms with Crippen LogP contribution in [-0.2, 0) is 14.8 Å². The van der Waals surface area contributed by atoms with Crippen molar-refractivity contribution >= 4 is 27.7 Å². The monoisotopic (exact) mass is 392 g/mol. The molecule has 3 N–H and O–H groups in total. The van der Waals surface area contributed by atoms with E-state index in [1.807, 2.05) is 0 Å². The van der Waals surface area contributed by atoms with Gasteiger partial charge in [0.15, 0.2) is 0 Å². The predicted octanol–water partition coefficient (Wildman–Crippen LogP) is 2.01. The molecule has 0 aliphatic carbocycles. The predicted molar refractivity (Wildman–Crippen MR) is 102 cm³/mol. The quantitative estimate of drug-likeness (QED) is 0.696. The third-order valence-corrected chi connectivity index (χ3v) is 4.52. The van der Waals surface area contributed by atoms with Gasteiger partial charge >= 0.3 is 0 Å². The van der Waals surface area contributed by atoms with Crippen LogP contribution in [0.4, 0.5) is 5.69 Å². The number of sulfonamides is 1. The highest BCUT2D eigenvalue weighted by molar-refractivity contribution is 7.89. The molecular weight excluding hydrogens is 372 g/mol. The second-order valence-electron chi connectivity index (χ2n) is 5.34. The lowest BCUT2D eigenvalue weighted by Gasteiger charge is -2.09. The number of rotatable bonds is 7. The molecule has 2 rings (SSSR count). The smallest absolute Gasteiger partial charge is 0.248 e. The van der Waals surface area contributed by atoms with Crippen molar-refractivity contribution in [2.75, 3.05) is 26.6 Å². The number of benzene rings is 2. The van der Waals surface area contributed by atoms with Gasteiger partial charge in [0.05, 0.1) is 21.3 Å². The molecular formula is C18H20N2O6S. The van der Waals surface area contributed by atoms with Crippen LogP contribution in [0.15, 0.2) is 47.4 Å². The van der Waals surface area contributed by atoms with Gasteiger partial charge in [0, 0.05) is 23.4 Å². The van der Waals surface area contributed by atoms with Crippen molar-refractivity contribution in [3.8, 4) is 17.2 Å². The maximum absolute atomic E-state index is 12.1. The van der Waals surface area contributed by atoms with Crippen LogP contribution in [0.1, 0.15) is 5.56 Å². The molecule has 0 bridgehead atoms. The van der Waals surface area contributed by atoms with E-state index in [1.165, 1.54) is 38.5 Å². The number of nitrogens with one attached hydrogen (secondary N) is 1. The van der Waals surface area contributed by atoms with Gasteiger partial charge in [0.25, 0.3) is 0 Å². The summed E-state index contributed by atoms with van der Waals surface area (Å²) in [7, 11) is 0.385. The van der Waals surface area contributed by atoms with Crippen LogP contribution >= 0.6 is 0 Å². The summed E-state index contributed by atoms with van der Waals surface area (Å²) >= 11 is 0. The molecule has 27 heavy (non-hydrogen) atoms. The first-order valence-corrected chi connectivity index (χ1v) is 9.25. The van der Waals surface area contributed by atoms with Crippen LogP contribution in [0, 0.1) is 0 Å². The number of amides is 1. The van der Waals surface area contributed by atoms with Gasteiger partial charge in [-0.15, -0.1) is 0 Å². The molecule has 0 unspecified atom stereocenters. The van der Waals surface area contributed by atoms with E-state index in [1.54, 1.807) is 31.4 Å². The zero-order valence-electron chi connectivity index (χ0n) is 15.1. The van der Waals surface area contributed by atoms with E-state index in [-0.39, 0.29) is 16.3 Å². The molecule has 1 amide bonds. The number of anilines is 1. The van der Waals surface area contributed by atoms with Crippen LogP contribution < -0.4 is 24.7 Å². The summed E-state index contributed by atoms with van der Waals surface area (Å²) in [6.45, 7) is 0. The first kappa shape index (κ1) is 20.3. The Labute approximate surface area is 157 Å². The topological polar surface area (TPSA) is 117 Å². The normalized spacial score (nSPS) is 11.3. The number of methoxy groups -OCH3 is 3. The number of nitrogens with two attached hydrogens (primary N) is 1. The van der Waals surface area contributed by atoms with Crippen molar-refractivity contribution in [2.45, 2.75) is 4.90 Å². The zero-order chi connectivity index (χ0) is 20.0. The number of primary sulfonamides is 1. The van der Waals surface area contributed by atoms with Gasteiger partial charge < -0.3 is 19.5 Å². The standard InChI is InChI=1S/C18H20N2O6S/c1-24-14-7-4-12(16(11-14)26-3)5-9-18(21)20-13-6-8-15(25-2)17(10-13)27(19,22)23/h4-11H,1-3H3,(H,20,21)(H2,19,22,23)/b9-5+. The van der Waals surface area contributed by atoms with E-state index in [9.17, 15) is 13.2 Å². The molecule has 0 radical (unpaired) electrons. The SMILES string of the molecule is COc1ccc(/C=C/C(=O)Nc2ccc(OC)c(S(N)(=O)=O)c2)c(OC)c1. The third-order valence-electron chi connectivity index (χ3n) is 3.59. The van der Waals surface area contributed by atoms with Crippen molar-refractivity contribution in [3.05, 3.63) is 48.0 Å². The maximum Gasteiger partial charge on any atom is 0.248 e. The number of hydrogen-bond acceptors (Lipinski definition) is 6. The summed E-state index contributed by atoms with van der Waals surface area (Å²) in [6, 6.07) is 9.32. The fourth-order valence-electron chi connectivity index (χ4n) is 2.28. The number of ether oxygens (including phenoxy) is 3. The molecule has 0 saturated carbocycles. The van der Waals surface area contributed by atoms with Crippen molar-refractivity contribution in [2.24, 2.45) is 5.14 Å². The highest BCUT2D eigenvalue weighted by atomic mass is 32.2. The summed E-state index contributed by atoms with van der Waals surface area (Å²) in [5.41, 5.74) is 0.935. The van der Waals surface area contributed by atoms with Gasteiger partial charge in [-0.05, 0) is 36.4 Å². The zero-order valence-corrected chi connectivity index (χ0v) is 15.9. The first-order chi connectivity index (χ1) is 12.8. The van der Waals surface area contributed by atoms with E-state index >= 15 is 0 Å². The second-order valence-corrected chi connectivity index (χ2v) is 6.87. The van der Waals surface area contributed by atoms with Gasteiger partial charge in [-0.3, -0.25) is 4.79 Å². The van der Waals surface area contributed by atoms with Crippen molar-refractivity contribution < 1.29 is 27.4 Å². The molecule has 0 aliphatic rings. The van der Waals surface area contributed by atoms with E-state index in [4.69, 9.17) is 19.3 Å². The molecule has 0 atom stereocenters. The highest BCUT2D eigenvalue weighted by Gasteiger charge is 2.16. The summed E-state index contributed by atoms with van der Waals surface area (Å²) in [4.78, 5) is 11.9. The largest absolute Gasteiger partial charge is 0.497 e. The lowest BCUT2D eigenvalue weighted by molar-refractivity contribution is -0.111. The van der Waals surface area contributed by atoms with Crippen LogP contribution in [-0.4, -0.2) is 35.7 Å². The summed E-state index contributed by atoms with van der Waals surface area (Å²) < 4.78 is 38.6. The Bertz CT molecular complexity index is 970. The molecule has 9 heteroatoms. The Morgan fingerprint density at radius 3 is 2.30 bits per heavy atom.